The van der Waals surface area contributed by atoms with Crippen molar-refractivity contribution in [2.45, 2.75) is 6.42 Å². The van der Waals surface area contributed by atoms with E-state index < -0.39 is 5.97 Å². The molecule has 0 aromatic carbocycles. The average molecular weight is 260 g/mol. The summed E-state index contributed by atoms with van der Waals surface area (Å²) in [5, 5.41) is 0. The number of esters is 1. The lowest BCUT2D eigenvalue weighted by molar-refractivity contribution is -0.139. The molecular formula is C9H10BrNO3. The summed E-state index contributed by atoms with van der Waals surface area (Å²) in [6.07, 6.45) is 1.64. The van der Waals surface area contributed by atoms with Gasteiger partial charge in [0.1, 0.15) is 0 Å². The Labute approximate surface area is 89.6 Å². The highest BCUT2D eigenvalue weighted by atomic mass is 79.9. The van der Waals surface area contributed by atoms with Gasteiger partial charge in [-0.15, -0.1) is 0 Å². The van der Waals surface area contributed by atoms with Crippen molar-refractivity contribution < 1.29 is 9.53 Å². The van der Waals surface area contributed by atoms with Gasteiger partial charge in [-0.25, -0.2) is 0 Å². The lowest BCUT2D eigenvalue weighted by atomic mass is 10.2. The molecule has 0 bridgehead atoms. The fraction of sp³-hybridized carbons (Fsp3) is 0.333. The molecular weight excluding hydrogens is 250 g/mol. The number of pyridine rings is 1. The number of carbonyl (C=O) groups is 1. The quantitative estimate of drug-likeness (QED) is 0.741. The summed E-state index contributed by atoms with van der Waals surface area (Å²) in [4.78, 5) is 22.5. The van der Waals surface area contributed by atoms with Gasteiger partial charge in [-0.3, -0.25) is 9.59 Å². The molecule has 0 unspecified atom stereocenters. The molecule has 0 spiro atoms. The largest absolute Gasteiger partial charge is 0.469 e. The number of nitrogens with zero attached hydrogens (tertiary/aromatic N) is 1. The van der Waals surface area contributed by atoms with E-state index in [1.807, 2.05) is 0 Å². The molecule has 0 N–H and O–H groups in total. The first-order valence-electron chi connectivity index (χ1n) is 3.96. The van der Waals surface area contributed by atoms with E-state index in [2.05, 4.69) is 20.7 Å². The maximum Gasteiger partial charge on any atom is 0.310 e. The molecule has 14 heavy (non-hydrogen) atoms. The number of hydrogen-bond donors (Lipinski definition) is 0. The average Bonchev–Trinajstić information content (AvgIpc) is 2.13. The molecule has 0 saturated heterocycles. The molecule has 0 radical (unpaired) electrons. The van der Waals surface area contributed by atoms with E-state index in [-0.39, 0.29) is 12.0 Å². The monoisotopic (exact) mass is 259 g/mol. The van der Waals surface area contributed by atoms with Gasteiger partial charge in [0, 0.05) is 23.3 Å². The number of methoxy groups -OCH3 is 1. The van der Waals surface area contributed by atoms with E-state index in [1.54, 1.807) is 19.3 Å². The van der Waals surface area contributed by atoms with Crippen LogP contribution in [0, 0.1) is 0 Å². The van der Waals surface area contributed by atoms with Gasteiger partial charge in [-0.05, 0) is 22.0 Å². The third kappa shape index (κ3) is 2.45. The van der Waals surface area contributed by atoms with E-state index in [0.717, 1.165) is 4.47 Å². The molecule has 1 heterocycles. The summed E-state index contributed by atoms with van der Waals surface area (Å²) in [6.45, 7) is 0. The Morgan fingerprint density at radius 3 is 2.86 bits per heavy atom. The van der Waals surface area contributed by atoms with E-state index in [9.17, 15) is 9.59 Å². The number of halogens is 1. The van der Waals surface area contributed by atoms with Gasteiger partial charge >= 0.3 is 5.97 Å². The van der Waals surface area contributed by atoms with Crippen LogP contribution in [0.4, 0.5) is 0 Å². The highest BCUT2D eigenvalue weighted by Gasteiger charge is 2.08. The van der Waals surface area contributed by atoms with Gasteiger partial charge in [0.05, 0.1) is 13.5 Å². The Morgan fingerprint density at radius 2 is 2.29 bits per heavy atom. The van der Waals surface area contributed by atoms with Crippen molar-refractivity contribution in [1.82, 2.24) is 4.57 Å². The Balaban J connectivity index is 3.09. The smallest absolute Gasteiger partial charge is 0.310 e. The number of aryl methyl sites for hydroxylation is 1. The normalized spacial score (nSPS) is 9.93. The molecule has 1 rings (SSSR count). The van der Waals surface area contributed by atoms with Crippen LogP contribution in [0.15, 0.2) is 21.5 Å². The molecule has 0 saturated carbocycles. The SMILES string of the molecule is COC(=O)Cc1cc(Br)cn(C)c1=O. The molecule has 76 valence electrons. The minimum atomic E-state index is -0.416. The molecule has 0 aliphatic heterocycles. The molecule has 0 aliphatic rings. The molecule has 0 aliphatic carbocycles. The predicted octanol–water partition coefficient (Wildman–Crippen LogP) is 0.863. The summed E-state index contributed by atoms with van der Waals surface area (Å²) in [5.74, 6) is -0.416. The van der Waals surface area contributed by atoms with Crippen molar-refractivity contribution in [2.24, 2.45) is 7.05 Å². The third-order valence-electron chi connectivity index (χ3n) is 1.79. The lowest BCUT2D eigenvalue weighted by Gasteiger charge is -2.03. The maximum atomic E-state index is 11.5. The van der Waals surface area contributed by atoms with E-state index in [1.165, 1.54) is 11.7 Å². The minimum absolute atomic E-state index is 0.00259. The number of hydrogen-bond acceptors (Lipinski definition) is 3. The molecule has 0 amide bonds. The van der Waals surface area contributed by atoms with Crippen LogP contribution in [0.25, 0.3) is 0 Å². The zero-order valence-electron chi connectivity index (χ0n) is 7.91. The van der Waals surface area contributed by atoms with Gasteiger partial charge in [-0.2, -0.15) is 0 Å². The second kappa shape index (κ2) is 4.41. The molecule has 1 aromatic rings. The van der Waals surface area contributed by atoms with Crippen LogP contribution in [-0.4, -0.2) is 17.6 Å². The van der Waals surface area contributed by atoms with E-state index >= 15 is 0 Å². The van der Waals surface area contributed by atoms with Crippen molar-refractivity contribution in [2.75, 3.05) is 7.11 Å². The zero-order chi connectivity index (χ0) is 10.7. The molecule has 1 aromatic heterocycles. The van der Waals surface area contributed by atoms with Crippen molar-refractivity contribution in [3.63, 3.8) is 0 Å². The van der Waals surface area contributed by atoms with E-state index in [0.29, 0.717) is 5.56 Å². The van der Waals surface area contributed by atoms with Crippen molar-refractivity contribution in [3.8, 4) is 0 Å². The Bertz CT molecular complexity index is 411. The summed E-state index contributed by atoms with van der Waals surface area (Å²) >= 11 is 3.25. The first-order valence-corrected chi connectivity index (χ1v) is 4.75. The lowest BCUT2D eigenvalue weighted by Crippen LogP contribution is -2.22. The number of carbonyl (C=O) groups excluding carboxylic acids is 1. The number of aromatic nitrogens is 1. The van der Waals surface area contributed by atoms with Crippen LogP contribution in [0.1, 0.15) is 5.56 Å². The minimum Gasteiger partial charge on any atom is -0.469 e. The van der Waals surface area contributed by atoms with Crippen molar-refractivity contribution in [3.05, 3.63) is 32.7 Å². The van der Waals surface area contributed by atoms with Crippen LogP contribution < -0.4 is 5.56 Å². The summed E-state index contributed by atoms with van der Waals surface area (Å²) < 4.78 is 6.67. The second-order valence-corrected chi connectivity index (χ2v) is 3.77. The molecule has 0 atom stereocenters. The van der Waals surface area contributed by atoms with Gasteiger partial charge < -0.3 is 9.30 Å². The van der Waals surface area contributed by atoms with Crippen molar-refractivity contribution >= 4 is 21.9 Å². The highest BCUT2D eigenvalue weighted by Crippen LogP contribution is 2.08. The summed E-state index contributed by atoms with van der Waals surface area (Å²) in [5.41, 5.74) is 0.243. The van der Waals surface area contributed by atoms with Crippen LogP contribution >= 0.6 is 15.9 Å². The number of ether oxygens (including phenoxy) is 1. The first kappa shape index (κ1) is 11.0. The standard InChI is InChI=1S/C9H10BrNO3/c1-11-5-7(10)3-6(9(11)13)4-8(12)14-2/h3,5H,4H2,1-2H3. The fourth-order valence-corrected chi connectivity index (χ4v) is 1.67. The van der Waals surface area contributed by atoms with Crippen molar-refractivity contribution in [1.29, 1.82) is 0 Å². The fourth-order valence-electron chi connectivity index (χ4n) is 1.09. The Hall–Kier alpha value is -1.10. The topological polar surface area (TPSA) is 48.3 Å². The van der Waals surface area contributed by atoms with Gasteiger partial charge in [0.2, 0.25) is 0 Å². The second-order valence-electron chi connectivity index (χ2n) is 2.85. The zero-order valence-corrected chi connectivity index (χ0v) is 9.50. The van der Waals surface area contributed by atoms with Crippen LogP contribution in [0.3, 0.4) is 0 Å². The van der Waals surface area contributed by atoms with Gasteiger partial charge in [-0.1, -0.05) is 0 Å². The van der Waals surface area contributed by atoms with Gasteiger partial charge in [0.25, 0.3) is 5.56 Å². The van der Waals surface area contributed by atoms with E-state index in [4.69, 9.17) is 0 Å². The Morgan fingerprint density at radius 1 is 1.64 bits per heavy atom. The number of rotatable bonds is 2. The Kier molecular flexibility index (Phi) is 3.46. The predicted molar refractivity (Wildman–Crippen MR) is 55.1 cm³/mol. The third-order valence-corrected chi connectivity index (χ3v) is 2.22. The first-order chi connectivity index (χ1) is 6.54. The van der Waals surface area contributed by atoms with Crippen LogP contribution in [0.2, 0.25) is 0 Å². The molecule has 5 heteroatoms. The summed E-state index contributed by atoms with van der Waals surface area (Å²) in [6, 6.07) is 1.62. The van der Waals surface area contributed by atoms with Crippen LogP contribution in [0.5, 0.6) is 0 Å². The summed E-state index contributed by atoms with van der Waals surface area (Å²) in [7, 11) is 2.93. The highest BCUT2D eigenvalue weighted by molar-refractivity contribution is 9.10. The maximum absolute atomic E-state index is 11.5. The molecule has 0 fully saturated rings. The molecule has 4 nitrogen and oxygen atoms in total. The van der Waals surface area contributed by atoms with Gasteiger partial charge in [0.15, 0.2) is 0 Å². The van der Waals surface area contributed by atoms with Crippen LogP contribution in [-0.2, 0) is 23.0 Å².